The molecule has 3 heterocycles. The third-order valence-corrected chi connectivity index (χ3v) is 13.7. The molecular weight excluding hydrogens is 747 g/mol. The van der Waals surface area contributed by atoms with E-state index in [2.05, 4.69) is 16.6 Å². The summed E-state index contributed by atoms with van der Waals surface area (Å²) in [4.78, 5) is 64.9. The number of rotatable bonds is 13. The predicted molar refractivity (Wildman–Crippen MR) is 216 cm³/mol. The standard InChI is InChI=1S/C43H53N5O8S/c1-6-28-25-43(28,41(52)46-57(53,54)31-16-17-31)45-39(50)36-22-30(26-48(36)40(51)33(42(2,3)4)23-38(49)47-19-11-8-12-20-47)56-37-24-34(27-13-9-7-10-14-27)44-35-21-29(55-5)15-18-32(35)37/h6-7,9-10,13-15,18,21,24,28,30-31,33,36H,1,8,11-12,16-17,19-20,22-23,25-26H2,2-5H3,(H,45,50)(H,46,52). The molecule has 7 rings (SSSR count). The molecule has 0 radical (unpaired) electrons. The van der Waals surface area contributed by atoms with Crippen molar-refractivity contribution in [2.75, 3.05) is 26.7 Å². The van der Waals surface area contributed by atoms with Crippen LogP contribution in [0.15, 0.2) is 67.3 Å². The lowest BCUT2D eigenvalue weighted by Gasteiger charge is -2.36. The highest BCUT2D eigenvalue weighted by Crippen LogP contribution is 2.46. The van der Waals surface area contributed by atoms with Gasteiger partial charge in [-0.25, -0.2) is 13.4 Å². The Hall–Kier alpha value is -4.98. The quantitative estimate of drug-likeness (QED) is 0.227. The van der Waals surface area contributed by atoms with Gasteiger partial charge in [0.15, 0.2) is 0 Å². The first-order valence-electron chi connectivity index (χ1n) is 19.9. The summed E-state index contributed by atoms with van der Waals surface area (Å²) in [5.74, 6) is -2.03. The Kier molecular flexibility index (Phi) is 11.1. The van der Waals surface area contributed by atoms with Gasteiger partial charge in [0.1, 0.15) is 29.2 Å². The number of carbonyl (C=O) groups excluding carboxylic acids is 4. The highest BCUT2D eigenvalue weighted by molar-refractivity contribution is 7.91. The van der Waals surface area contributed by atoms with Crippen molar-refractivity contribution in [3.63, 3.8) is 0 Å². The Morgan fingerprint density at radius 2 is 1.75 bits per heavy atom. The van der Waals surface area contributed by atoms with Gasteiger partial charge in [0.25, 0.3) is 5.91 Å². The van der Waals surface area contributed by atoms with Crippen LogP contribution < -0.4 is 19.5 Å². The molecule has 13 nitrogen and oxygen atoms in total. The van der Waals surface area contributed by atoms with Gasteiger partial charge in [0.05, 0.1) is 36.0 Å². The van der Waals surface area contributed by atoms with Crippen LogP contribution in [0.1, 0.15) is 72.1 Å². The Morgan fingerprint density at radius 3 is 2.39 bits per heavy atom. The summed E-state index contributed by atoms with van der Waals surface area (Å²) >= 11 is 0. The van der Waals surface area contributed by atoms with Gasteiger partial charge in [-0.15, -0.1) is 6.58 Å². The molecule has 2 N–H and O–H groups in total. The molecule has 2 saturated heterocycles. The number of amides is 4. The lowest BCUT2D eigenvalue weighted by atomic mass is 9.77. The van der Waals surface area contributed by atoms with Crippen molar-refractivity contribution in [3.8, 4) is 22.8 Å². The van der Waals surface area contributed by atoms with Crippen molar-refractivity contribution in [2.24, 2.45) is 17.3 Å². The van der Waals surface area contributed by atoms with E-state index >= 15 is 0 Å². The van der Waals surface area contributed by atoms with Gasteiger partial charge in [0, 0.05) is 54.9 Å². The van der Waals surface area contributed by atoms with E-state index in [0.29, 0.717) is 54.0 Å². The molecule has 4 amide bonds. The molecule has 57 heavy (non-hydrogen) atoms. The number of ether oxygens (including phenoxy) is 2. The molecule has 5 atom stereocenters. The van der Waals surface area contributed by atoms with Crippen LogP contribution in [0.3, 0.4) is 0 Å². The van der Waals surface area contributed by atoms with Crippen molar-refractivity contribution in [1.82, 2.24) is 24.8 Å². The van der Waals surface area contributed by atoms with Crippen LogP contribution in [0.5, 0.6) is 11.5 Å². The molecule has 2 aliphatic carbocycles. The predicted octanol–water partition coefficient (Wildman–Crippen LogP) is 4.99. The second-order valence-corrected chi connectivity index (χ2v) is 18.9. The number of hydrogen-bond acceptors (Lipinski definition) is 9. The molecule has 1 aromatic heterocycles. The van der Waals surface area contributed by atoms with Crippen molar-refractivity contribution in [2.45, 2.75) is 95.1 Å². The minimum atomic E-state index is -3.90. The maximum absolute atomic E-state index is 14.9. The van der Waals surface area contributed by atoms with Gasteiger partial charge in [-0.3, -0.25) is 23.9 Å². The van der Waals surface area contributed by atoms with Crippen molar-refractivity contribution in [3.05, 3.63) is 67.3 Å². The molecule has 4 aliphatic rings. The second kappa shape index (κ2) is 15.8. The normalized spacial score (nSPS) is 24.0. The number of fused-ring (bicyclic) bond motifs is 1. The van der Waals surface area contributed by atoms with E-state index < -0.39 is 62.0 Å². The van der Waals surface area contributed by atoms with Crippen LogP contribution in [-0.2, 0) is 29.2 Å². The highest BCUT2D eigenvalue weighted by Gasteiger charge is 2.62. The van der Waals surface area contributed by atoms with E-state index in [1.54, 1.807) is 7.11 Å². The summed E-state index contributed by atoms with van der Waals surface area (Å²) in [6, 6.07) is 15.9. The zero-order valence-corrected chi connectivity index (χ0v) is 34.0. The van der Waals surface area contributed by atoms with Gasteiger partial charge in [0.2, 0.25) is 27.7 Å². The number of methoxy groups -OCH3 is 1. The zero-order valence-electron chi connectivity index (χ0n) is 33.2. The molecular formula is C43H53N5O8S. The van der Waals surface area contributed by atoms with Crippen molar-refractivity contribution in [1.29, 1.82) is 0 Å². The number of likely N-dealkylation sites (tertiary alicyclic amines) is 2. The summed E-state index contributed by atoms with van der Waals surface area (Å²) in [6.07, 6.45) is 4.91. The van der Waals surface area contributed by atoms with Crippen LogP contribution in [0.2, 0.25) is 0 Å². The lowest BCUT2D eigenvalue weighted by molar-refractivity contribution is -0.148. The van der Waals surface area contributed by atoms with Crippen LogP contribution in [0.4, 0.5) is 0 Å². The number of piperidine rings is 1. The van der Waals surface area contributed by atoms with E-state index in [1.807, 2.05) is 80.3 Å². The largest absolute Gasteiger partial charge is 0.497 e. The van der Waals surface area contributed by atoms with Gasteiger partial charge < -0.3 is 24.6 Å². The van der Waals surface area contributed by atoms with E-state index in [0.717, 1.165) is 24.8 Å². The molecule has 5 unspecified atom stereocenters. The van der Waals surface area contributed by atoms with Gasteiger partial charge in [-0.2, -0.15) is 0 Å². The van der Waals surface area contributed by atoms with E-state index in [-0.39, 0.29) is 37.6 Å². The van der Waals surface area contributed by atoms with Crippen molar-refractivity contribution < 1.29 is 37.1 Å². The summed E-state index contributed by atoms with van der Waals surface area (Å²) in [7, 11) is -2.31. The summed E-state index contributed by atoms with van der Waals surface area (Å²) in [5.41, 5.74) is -0.0157. The number of aromatic nitrogens is 1. The number of carbonyl (C=O) groups is 4. The first-order chi connectivity index (χ1) is 27.1. The minimum Gasteiger partial charge on any atom is -0.497 e. The monoisotopic (exact) mass is 799 g/mol. The number of pyridine rings is 1. The molecule has 14 heteroatoms. The smallest absolute Gasteiger partial charge is 0.259 e. The summed E-state index contributed by atoms with van der Waals surface area (Å²) < 4.78 is 40.1. The number of hydrogen-bond donors (Lipinski definition) is 2. The van der Waals surface area contributed by atoms with Gasteiger partial charge >= 0.3 is 0 Å². The van der Waals surface area contributed by atoms with E-state index in [4.69, 9.17) is 14.5 Å². The fourth-order valence-electron chi connectivity index (χ4n) is 8.14. The fourth-order valence-corrected chi connectivity index (χ4v) is 9.51. The Morgan fingerprint density at radius 1 is 1.04 bits per heavy atom. The van der Waals surface area contributed by atoms with Crippen LogP contribution in [0, 0.1) is 17.3 Å². The number of nitrogens with one attached hydrogen (secondary N) is 2. The molecule has 3 aromatic rings. The first-order valence-corrected chi connectivity index (χ1v) is 21.5. The topological polar surface area (TPSA) is 164 Å². The Balaban J connectivity index is 1.21. The third kappa shape index (κ3) is 8.51. The van der Waals surface area contributed by atoms with Crippen LogP contribution >= 0.6 is 0 Å². The molecule has 2 aromatic carbocycles. The number of sulfonamides is 1. The van der Waals surface area contributed by atoms with Gasteiger partial charge in [-0.05, 0) is 56.1 Å². The number of nitrogens with zero attached hydrogens (tertiary/aromatic N) is 3. The molecule has 2 saturated carbocycles. The average Bonchev–Trinajstić information content (AvgIpc) is 4.13. The second-order valence-electron chi connectivity index (χ2n) is 17.0. The molecule has 0 spiro atoms. The van der Waals surface area contributed by atoms with E-state index in [9.17, 15) is 27.6 Å². The zero-order chi connectivity index (χ0) is 40.7. The number of benzene rings is 2. The third-order valence-electron chi connectivity index (χ3n) is 11.9. The highest BCUT2D eigenvalue weighted by atomic mass is 32.2. The summed E-state index contributed by atoms with van der Waals surface area (Å²) in [6.45, 7) is 10.9. The fraction of sp³-hybridized carbons (Fsp3) is 0.512. The molecule has 0 bridgehead atoms. The maximum Gasteiger partial charge on any atom is 0.259 e. The van der Waals surface area contributed by atoms with Crippen LogP contribution in [0.25, 0.3) is 22.2 Å². The van der Waals surface area contributed by atoms with Crippen molar-refractivity contribution >= 4 is 44.6 Å². The average molecular weight is 800 g/mol. The van der Waals surface area contributed by atoms with Crippen LogP contribution in [-0.4, -0.2) is 96.5 Å². The SMILES string of the molecule is C=CC1CC1(NC(=O)C1CC(Oc2cc(-c3ccccc3)nc3cc(OC)ccc23)CN1C(=O)C(CC(=O)N1CCCCC1)C(C)(C)C)C(=O)NS(=O)(=O)C1CC1. The Labute approximate surface area is 334 Å². The minimum absolute atomic E-state index is 0.0140. The Bertz CT molecular complexity index is 2160. The maximum atomic E-state index is 14.9. The van der Waals surface area contributed by atoms with E-state index in [1.165, 1.54) is 11.0 Å². The summed E-state index contributed by atoms with van der Waals surface area (Å²) in [5, 5.41) is 2.94. The first kappa shape index (κ1) is 40.2. The molecule has 304 valence electrons. The van der Waals surface area contributed by atoms with Gasteiger partial charge in [-0.1, -0.05) is 57.2 Å². The molecule has 4 fully saturated rings. The lowest BCUT2D eigenvalue weighted by Crippen LogP contribution is -2.57. The molecule has 2 aliphatic heterocycles.